The molecule has 0 unspecified atom stereocenters. The normalized spacial score (nSPS) is 10.7. The topological polar surface area (TPSA) is 132 Å². The number of nitrogens with zero attached hydrogens (tertiary/aromatic N) is 1. The van der Waals surface area contributed by atoms with Crippen LogP contribution < -0.4 is 16.7 Å². The van der Waals surface area contributed by atoms with Crippen LogP contribution in [-0.4, -0.2) is 26.1 Å². The Morgan fingerprint density at radius 3 is 2.74 bits per heavy atom. The van der Waals surface area contributed by atoms with E-state index in [2.05, 4.69) is 25.5 Å². The van der Waals surface area contributed by atoms with Gasteiger partial charge in [0, 0.05) is 11.8 Å². The van der Waals surface area contributed by atoms with Gasteiger partial charge in [-0.2, -0.15) is 5.10 Å². The zero-order chi connectivity index (χ0) is 13.4. The Hall–Kier alpha value is -3.03. The molecule has 19 heavy (non-hydrogen) atoms. The molecule has 0 radical (unpaired) electrons. The lowest BCUT2D eigenvalue weighted by Gasteiger charge is -2.02. The molecule has 2 heterocycles. The lowest BCUT2D eigenvalue weighted by Crippen LogP contribution is -2.12. The van der Waals surface area contributed by atoms with Crippen molar-refractivity contribution in [2.45, 2.75) is 0 Å². The monoisotopic (exact) mass is 258 g/mol. The number of rotatable bonds is 2. The fraction of sp³-hybridized carbons (Fsp3) is 0. The fourth-order valence-corrected chi connectivity index (χ4v) is 1.76. The zero-order valence-electron chi connectivity index (χ0n) is 9.65. The van der Waals surface area contributed by atoms with Gasteiger partial charge in [0.15, 0.2) is 0 Å². The molecule has 0 saturated carbocycles. The molecule has 0 aliphatic heterocycles. The van der Waals surface area contributed by atoms with Gasteiger partial charge in [-0.05, 0) is 18.2 Å². The molecule has 0 spiro atoms. The van der Waals surface area contributed by atoms with E-state index in [-0.39, 0.29) is 23.1 Å². The minimum Gasteiger partial charge on any atom is -0.382 e. The second-order valence-corrected chi connectivity index (χ2v) is 4.00. The number of nitrogens with two attached hydrogens (primary N) is 1. The molecule has 96 valence electrons. The van der Waals surface area contributed by atoms with Gasteiger partial charge in [0.1, 0.15) is 11.5 Å². The van der Waals surface area contributed by atoms with E-state index in [0.29, 0.717) is 16.7 Å². The maximum absolute atomic E-state index is 11.9. The van der Waals surface area contributed by atoms with Crippen molar-refractivity contribution in [3.05, 3.63) is 40.4 Å². The highest BCUT2D eigenvalue weighted by atomic mass is 16.2. The largest absolute Gasteiger partial charge is 0.382 e. The van der Waals surface area contributed by atoms with Gasteiger partial charge in [0.25, 0.3) is 5.91 Å². The highest BCUT2D eigenvalue weighted by molar-refractivity contribution is 6.04. The minimum absolute atomic E-state index is 0.246. The van der Waals surface area contributed by atoms with E-state index >= 15 is 0 Å². The van der Waals surface area contributed by atoms with Gasteiger partial charge in [0.05, 0.1) is 11.0 Å². The Kier molecular flexibility index (Phi) is 2.34. The average Bonchev–Trinajstić information content (AvgIpc) is 2.93. The summed E-state index contributed by atoms with van der Waals surface area (Å²) in [6.45, 7) is 0. The van der Waals surface area contributed by atoms with E-state index in [1.165, 1.54) is 6.07 Å². The number of amides is 1. The van der Waals surface area contributed by atoms with Crippen LogP contribution in [0.3, 0.4) is 0 Å². The van der Waals surface area contributed by atoms with Gasteiger partial charge in [-0.25, -0.2) is 4.79 Å². The zero-order valence-corrected chi connectivity index (χ0v) is 9.65. The lowest BCUT2D eigenvalue weighted by molar-refractivity contribution is 0.102. The number of carbonyl (C=O) groups excluding carboxylic acids is 1. The molecule has 1 aromatic carbocycles. The van der Waals surface area contributed by atoms with E-state index in [4.69, 9.17) is 5.73 Å². The van der Waals surface area contributed by atoms with Crippen LogP contribution in [-0.2, 0) is 0 Å². The van der Waals surface area contributed by atoms with Crippen LogP contribution in [0.15, 0.2) is 29.1 Å². The van der Waals surface area contributed by atoms with Crippen molar-refractivity contribution in [3.8, 4) is 0 Å². The molecule has 0 atom stereocenters. The number of nitrogens with one attached hydrogen (secondary N) is 4. The van der Waals surface area contributed by atoms with Crippen LogP contribution in [0.1, 0.15) is 10.5 Å². The molecule has 0 saturated heterocycles. The van der Waals surface area contributed by atoms with Crippen molar-refractivity contribution >= 4 is 28.4 Å². The van der Waals surface area contributed by atoms with E-state index in [9.17, 15) is 9.59 Å². The fourth-order valence-electron chi connectivity index (χ4n) is 1.76. The first-order chi connectivity index (χ1) is 9.11. The number of anilines is 2. The van der Waals surface area contributed by atoms with E-state index in [1.54, 1.807) is 18.2 Å². The van der Waals surface area contributed by atoms with Crippen molar-refractivity contribution in [3.63, 3.8) is 0 Å². The number of hydrogen-bond acceptors (Lipinski definition) is 4. The molecule has 3 aromatic rings. The first-order valence-electron chi connectivity index (χ1n) is 5.46. The summed E-state index contributed by atoms with van der Waals surface area (Å²) in [7, 11) is 0. The number of benzene rings is 1. The van der Waals surface area contributed by atoms with Crippen molar-refractivity contribution in [1.82, 2.24) is 20.2 Å². The smallest absolute Gasteiger partial charge is 0.323 e. The molecule has 8 heteroatoms. The summed E-state index contributed by atoms with van der Waals surface area (Å²) in [6.07, 6.45) is 0. The lowest BCUT2D eigenvalue weighted by atomic mass is 10.2. The maximum Gasteiger partial charge on any atom is 0.323 e. The van der Waals surface area contributed by atoms with Gasteiger partial charge >= 0.3 is 5.69 Å². The van der Waals surface area contributed by atoms with E-state index in [0.717, 1.165) is 0 Å². The second-order valence-electron chi connectivity index (χ2n) is 4.00. The number of H-pyrrole nitrogens is 3. The number of hydrogen-bond donors (Lipinski definition) is 5. The number of nitrogen functional groups attached to an aromatic ring is 1. The number of aromatic amines is 3. The van der Waals surface area contributed by atoms with Crippen LogP contribution >= 0.6 is 0 Å². The van der Waals surface area contributed by atoms with E-state index < -0.39 is 0 Å². The first kappa shape index (κ1) is 11.1. The summed E-state index contributed by atoms with van der Waals surface area (Å²) < 4.78 is 0. The third-order valence-electron chi connectivity index (χ3n) is 2.62. The molecule has 2 aromatic heterocycles. The van der Waals surface area contributed by atoms with Gasteiger partial charge in [-0.1, -0.05) is 0 Å². The number of imidazole rings is 1. The molecule has 3 rings (SSSR count). The summed E-state index contributed by atoms with van der Waals surface area (Å²) >= 11 is 0. The SMILES string of the molecule is Nc1cc(C(=O)Nc2ccc3[nH]c(=O)[nH]c3c2)[nH]n1. The molecule has 6 N–H and O–H groups in total. The first-order valence-corrected chi connectivity index (χ1v) is 5.46. The summed E-state index contributed by atoms with van der Waals surface area (Å²) in [6, 6.07) is 6.48. The van der Waals surface area contributed by atoms with Crippen LogP contribution in [0.4, 0.5) is 11.5 Å². The molecule has 1 amide bonds. The van der Waals surface area contributed by atoms with Gasteiger partial charge in [-0.3, -0.25) is 9.89 Å². The molecule has 8 nitrogen and oxygen atoms in total. The van der Waals surface area contributed by atoms with E-state index in [1.807, 2.05) is 0 Å². The third-order valence-corrected chi connectivity index (χ3v) is 2.62. The average molecular weight is 258 g/mol. The Balaban J connectivity index is 1.88. The molecule has 0 bridgehead atoms. The molecule has 0 aliphatic rings. The molecular formula is C11H10N6O2. The number of aromatic nitrogens is 4. The second kappa shape index (κ2) is 4.02. The molecule has 0 fully saturated rings. The quantitative estimate of drug-likeness (QED) is 0.455. The number of fused-ring (bicyclic) bond motifs is 1. The summed E-state index contributed by atoms with van der Waals surface area (Å²) in [5.41, 5.74) is 7.24. The van der Waals surface area contributed by atoms with Gasteiger partial charge in [-0.15, -0.1) is 0 Å². The van der Waals surface area contributed by atoms with Crippen molar-refractivity contribution in [2.75, 3.05) is 11.1 Å². The Morgan fingerprint density at radius 1 is 1.21 bits per heavy atom. The minimum atomic E-state index is -0.360. The Morgan fingerprint density at radius 2 is 2.00 bits per heavy atom. The van der Waals surface area contributed by atoms with Crippen molar-refractivity contribution in [1.29, 1.82) is 0 Å². The third kappa shape index (κ3) is 2.06. The summed E-state index contributed by atoms with van der Waals surface area (Å²) in [4.78, 5) is 28.2. The highest BCUT2D eigenvalue weighted by Gasteiger charge is 2.09. The van der Waals surface area contributed by atoms with Crippen LogP contribution in [0.25, 0.3) is 11.0 Å². The van der Waals surface area contributed by atoms with Gasteiger partial charge in [0.2, 0.25) is 0 Å². The Bertz CT molecular complexity index is 812. The number of carbonyl (C=O) groups is 1. The van der Waals surface area contributed by atoms with Crippen molar-refractivity contribution < 1.29 is 4.79 Å². The standard InChI is InChI=1S/C11H10N6O2/c12-9-4-8(16-17-9)10(18)13-5-1-2-6-7(3-5)15-11(19)14-6/h1-4H,(H,13,18)(H3,12,16,17)(H2,14,15,19). The summed E-state index contributed by atoms with van der Waals surface area (Å²) in [5.74, 6) is -0.114. The van der Waals surface area contributed by atoms with Crippen molar-refractivity contribution in [2.24, 2.45) is 0 Å². The van der Waals surface area contributed by atoms with Crippen LogP contribution in [0.5, 0.6) is 0 Å². The predicted molar refractivity (Wildman–Crippen MR) is 69.9 cm³/mol. The summed E-state index contributed by atoms with van der Waals surface area (Å²) in [5, 5.41) is 8.86. The maximum atomic E-state index is 11.9. The molecule has 0 aliphatic carbocycles. The predicted octanol–water partition coefficient (Wildman–Crippen LogP) is 0.414. The highest BCUT2D eigenvalue weighted by Crippen LogP contribution is 2.15. The van der Waals surface area contributed by atoms with Gasteiger partial charge < -0.3 is 21.0 Å². The van der Waals surface area contributed by atoms with Crippen LogP contribution in [0.2, 0.25) is 0 Å². The van der Waals surface area contributed by atoms with Crippen LogP contribution in [0, 0.1) is 0 Å². The molecular weight excluding hydrogens is 248 g/mol. The Labute approximate surface area is 106 Å².